The number of nitrogens with zero attached hydrogens (tertiary/aromatic N) is 3. The summed E-state index contributed by atoms with van der Waals surface area (Å²) in [5.41, 5.74) is 8.58. The monoisotopic (exact) mass is 297 g/mol. The third kappa shape index (κ3) is 3.03. The first-order chi connectivity index (χ1) is 10.7. The van der Waals surface area contributed by atoms with E-state index in [1.807, 2.05) is 0 Å². The van der Waals surface area contributed by atoms with E-state index in [1.54, 1.807) is 0 Å². The Morgan fingerprint density at radius 1 is 1.23 bits per heavy atom. The van der Waals surface area contributed by atoms with E-state index < -0.39 is 0 Å². The summed E-state index contributed by atoms with van der Waals surface area (Å²) < 4.78 is 0. The Morgan fingerprint density at radius 3 is 2.86 bits per heavy atom. The zero-order chi connectivity index (χ0) is 15.5. The van der Waals surface area contributed by atoms with Gasteiger partial charge in [0.15, 0.2) is 0 Å². The number of hydrogen-bond acceptors (Lipinski definition) is 5. The number of rotatable bonds is 4. The van der Waals surface area contributed by atoms with Gasteiger partial charge in [0.2, 0.25) is 11.9 Å². The van der Waals surface area contributed by atoms with Gasteiger partial charge in [0.05, 0.1) is 6.04 Å². The maximum Gasteiger partial charge on any atom is 0.228 e. The van der Waals surface area contributed by atoms with Gasteiger partial charge in [-0.3, -0.25) is 0 Å². The summed E-state index contributed by atoms with van der Waals surface area (Å²) in [6.07, 6.45) is 4.11. The molecule has 1 aromatic heterocycles. The zero-order valence-electron chi connectivity index (χ0n) is 13.2. The van der Waals surface area contributed by atoms with Crippen LogP contribution < -0.4 is 11.1 Å². The van der Waals surface area contributed by atoms with Crippen LogP contribution in [0.1, 0.15) is 49.7 Å². The highest BCUT2D eigenvalue weighted by Crippen LogP contribution is 2.35. The first kappa shape index (κ1) is 14.8. The number of aryl methyl sites for hydroxylation is 2. The molecule has 1 aliphatic rings. The summed E-state index contributed by atoms with van der Waals surface area (Å²) >= 11 is 0. The highest BCUT2D eigenvalue weighted by Gasteiger charge is 2.27. The second kappa shape index (κ2) is 6.30. The Labute approximate surface area is 131 Å². The number of nitrogens with one attached hydrogen (secondary N) is 1. The van der Waals surface area contributed by atoms with Crippen molar-refractivity contribution in [1.29, 1.82) is 0 Å². The van der Waals surface area contributed by atoms with Crippen molar-refractivity contribution < 1.29 is 0 Å². The Kier molecular flexibility index (Phi) is 4.22. The van der Waals surface area contributed by atoms with Gasteiger partial charge in [-0.2, -0.15) is 15.0 Å². The molecular formula is C17H23N5. The Bertz CT molecular complexity index is 655. The lowest BCUT2D eigenvalue weighted by Gasteiger charge is -2.32. The highest BCUT2D eigenvalue weighted by molar-refractivity contribution is 5.40. The minimum Gasteiger partial charge on any atom is -0.368 e. The largest absolute Gasteiger partial charge is 0.368 e. The molecular weight excluding hydrogens is 274 g/mol. The van der Waals surface area contributed by atoms with Crippen molar-refractivity contribution in [3.63, 3.8) is 0 Å². The van der Waals surface area contributed by atoms with Crippen LogP contribution in [0.2, 0.25) is 0 Å². The van der Waals surface area contributed by atoms with E-state index >= 15 is 0 Å². The van der Waals surface area contributed by atoms with Crippen molar-refractivity contribution in [2.75, 3.05) is 11.1 Å². The number of nitrogens with two attached hydrogens (primary N) is 1. The molecule has 0 saturated carbocycles. The van der Waals surface area contributed by atoms with Gasteiger partial charge < -0.3 is 11.1 Å². The average molecular weight is 297 g/mol. The molecule has 3 N–H and O–H groups in total. The minimum atomic E-state index is 0.223. The van der Waals surface area contributed by atoms with Gasteiger partial charge in [0, 0.05) is 6.42 Å². The fourth-order valence-corrected chi connectivity index (χ4v) is 3.12. The van der Waals surface area contributed by atoms with E-state index in [4.69, 9.17) is 5.73 Å². The lowest BCUT2D eigenvalue weighted by Crippen LogP contribution is -2.26. The molecule has 1 aromatic carbocycles. The molecule has 1 aliphatic carbocycles. The smallest absolute Gasteiger partial charge is 0.228 e. The van der Waals surface area contributed by atoms with E-state index in [0.29, 0.717) is 11.9 Å². The first-order valence-electron chi connectivity index (χ1n) is 8.02. The van der Waals surface area contributed by atoms with Crippen LogP contribution >= 0.6 is 0 Å². The average Bonchev–Trinajstić information content (AvgIpc) is 2.50. The summed E-state index contributed by atoms with van der Waals surface area (Å²) in [7, 11) is 0. The Balaban J connectivity index is 1.89. The number of aromatic nitrogens is 3. The Hall–Kier alpha value is -2.17. The van der Waals surface area contributed by atoms with Crippen LogP contribution in [-0.4, -0.2) is 15.0 Å². The number of fused-ring (bicyclic) bond motifs is 1. The molecule has 0 aliphatic heterocycles. The van der Waals surface area contributed by atoms with Crippen LogP contribution in [0.3, 0.4) is 0 Å². The molecule has 0 fully saturated rings. The van der Waals surface area contributed by atoms with Crippen molar-refractivity contribution in [3.8, 4) is 0 Å². The molecule has 2 aromatic rings. The van der Waals surface area contributed by atoms with Gasteiger partial charge in [-0.05, 0) is 36.3 Å². The van der Waals surface area contributed by atoms with Crippen molar-refractivity contribution in [2.45, 2.75) is 45.6 Å². The predicted molar refractivity (Wildman–Crippen MR) is 88.5 cm³/mol. The van der Waals surface area contributed by atoms with Crippen LogP contribution in [-0.2, 0) is 12.8 Å². The lowest BCUT2D eigenvalue weighted by molar-refractivity contribution is 0.432. The van der Waals surface area contributed by atoms with Crippen molar-refractivity contribution >= 4 is 11.9 Å². The fourth-order valence-electron chi connectivity index (χ4n) is 3.12. The van der Waals surface area contributed by atoms with Crippen LogP contribution in [0.15, 0.2) is 24.3 Å². The predicted octanol–water partition coefficient (Wildman–Crippen LogP) is 3.14. The molecule has 5 heteroatoms. The van der Waals surface area contributed by atoms with E-state index in [0.717, 1.165) is 31.5 Å². The lowest BCUT2D eigenvalue weighted by atomic mass is 9.81. The van der Waals surface area contributed by atoms with Gasteiger partial charge in [-0.15, -0.1) is 0 Å². The molecule has 0 amide bonds. The van der Waals surface area contributed by atoms with Crippen LogP contribution in [0, 0.1) is 5.92 Å². The van der Waals surface area contributed by atoms with Crippen molar-refractivity contribution in [1.82, 2.24) is 15.0 Å². The van der Waals surface area contributed by atoms with Crippen molar-refractivity contribution in [2.24, 2.45) is 5.92 Å². The molecule has 0 unspecified atom stereocenters. The maximum absolute atomic E-state index is 5.82. The topological polar surface area (TPSA) is 76.7 Å². The SMILES string of the molecule is CCCc1nc(N)nc(N[C@H]2c3ccccc3CC[C@@H]2C)n1. The number of nitrogen functional groups attached to an aromatic ring is 1. The summed E-state index contributed by atoms with van der Waals surface area (Å²) in [5, 5.41) is 3.48. The summed E-state index contributed by atoms with van der Waals surface area (Å²) in [4.78, 5) is 13.0. The number of benzene rings is 1. The molecule has 0 saturated heterocycles. The van der Waals surface area contributed by atoms with Crippen LogP contribution in [0.25, 0.3) is 0 Å². The van der Waals surface area contributed by atoms with Crippen molar-refractivity contribution in [3.05, 3.63) is 41.2 Å². The second-order valence-corrected chi connectivity index (χ2v) is 6.02. The standard InChI is InChI=1S/C17H23N5/c1-3-6-14-19-16(18)22-17(20-14)21-15-11(2)9-10-12-7-4-5-8-13(12)15/h4-5,7-8,11,15H,3,6,9-10H2,1-2H3,(H3,18,19,20,21,22)/t11-,15+/m0/s1. The number of hydrogen-bond donors (Lipinski definition) is 2. The van der Waals surface area contributed by atoms with Gasteiger partial charge >= 0.3 is 0 Å². The second-order valence-electron chi connectivity index (χ2n) is 6.02. The zero-order valence-corrected chi connectivity index (χ0v) is 13.2. The Morgan fingerprint density at radius 2 is 2.05 bits per heavy atom. The normalized spacial score (nSPS) is 20.5. The molecule has 3 rings (SSSR count). The molecule has 116 valence electrons. The molecule has 0 spiro atoms. The maximum atomic E-state index is 5.82. The molecule has 2 atom stereocenters. The molecule has 0 radical (unpaired) electrons. The summed E-state index contributed by atoms with van der Waals surface area (Å²) in [6.45, 7) is 4.37. The quantitative estimate of drug-likeness (QED) is 0.906. The van der Waals surface area contributed by atoms with Gasteiger partial charge in [0.1, 0.15) is 5.82 Å². The van der Waals surface area contributed by atoms with Gasteiger partial charge in [-0.1, -0.05) is 38.1 Å². The summed E-state index contributed by atoms with van der Waals surface area (Å²) in [5.74, 6) is 2.17. The van der Waals surface area contributed by atoms with Gasteiger partial charge in [-0.25, -0.2) is 0 Å². The third-order valence-corrected chi connectivity index (χ3v) is 4.29. The molecule has 5 nitrogen and oxygen atoms in total. The third-order valence-electron chi connectivity index (χ3n) is 4.29. The fraction of sp³-hybridized carbons (Fsp3) is 0.471. The molecule has 1 heterocycles. The summed E-state index contributed by atoms with van der Waals surface area (Å²) in [6, 6.07) is 8.82. The van der Waals surface area contributed by atoms with E-state index in [-0.39, 0.29) is 12.0 Å². The van der Waals surface area contributed by atoms with Crippen LogP contribution in [0.4, 0.5) is 11.9 Å². The molecule has 0 bridgehead atoms. The van der Waals surface area contributed by atoms with Crippen LogP contribution in [0.5, 0.6) is 0 Å². The van der Waals surface area contributed by atoms with E-state index in [9.17, 15) is 0 Å². The first-order valence-corrected chi connectivity index (χ1v) is 8.02. The number of anilines is 2. The minimum absolute atomic E-state index is 0.223. The molecule has 22 heavy (non-hydrogen) atoms. The van der Waals surface area contributed by atoms with Gasteiger partial charge in [0.25, 0.3) is 0 Å². The van der Waals surface area contributed by atoms with E-state index in [2.05, 4.69) is 58.4 Å². The highest BCUT2D eigenvalue weighted by atomic mass is 15.2. The van der Waals surface area contributed by atoms with E-state index in [1.165, 1.54) is 11.1 Å².